The van der Waals surface area contributed by atoms with E-state index in [0.29, 0.717) is 13.0 Å². The van der Waals surface area contributed by atoms with Gasteiger partial charge in [-0.15, -0.1) is 0 Å². The van der Waals surface area contributed by atoms with Crippen LogP contribution in [0.25, 0.3) is 0 Å². The Hall–Kier alpha value is -1.94. The largest absolute Gasteiger partial charge is 0.330 e. The third-order valence-electron chi connectivity index (χ3n) is 3.13. The van der Waals surface area contributed by atoms with Crippen LogP contribution in [-0.4, -0.2) is 23.6 Å². The van der Waals surface area contributed by atoms with Crippen LogP contribution < -0.4 is 10.6 Å². The molecule has 2 rings (SSSR count). The first-order valence-corrected chi connectivity index (χ1v) is 6.45. The normalized spacial score (nSPS) is 10.5. The van der Waals surface area contributed by atoms with Gasteiger partial charge in [0.1, 0.15) is 11.6 Å². The summed E-state index contributed by atoms with van der Waals surface area (Å²) in [5, 5.41) is 0. The zero-order chi connectivity index (χ0) is 13.8. The minimum Gasteiger partial charge on any atom is -0.330 e. The van der Waals surface area contributed by atoms with Crippen LogP contribution in [0.4, 0.5) is 11.5 Å². The van der Waals surface area contributed by atoms with Gasteiger partial charge >= 0.3 is 0 Å². The average Bonchev–Trinajstić information content (AvgIpc) is 2.41. The third kappa shape index (κ3) is 3.09. The van der Waals surface area contributed by atoms with Gasteiger partial charge in [-0.3, -0.25) is 0 Å². The first kappa shape index (κ1) is 13.5. The van der Waals surface area contributed by atoms with Gasteiger partial charge in [-0.1, -0.05) is 12.1 Å². The molecule has 0 unspecified atom stereocenters. The van der Waals surface area contributed by atoms with Gasteiger partial charge in [-0.05, 0) is 43.7 Å². The van der Waals surface area contributed by atoms with Crippen molar-refractivity contribution in [2.75, 3.05) is 18.5 Å². The van der Waals surface area contributed by atoms with E-state index in [-0.39, 0.29) is 0 Å². The Bertz CT molecular complexity index is 566. The van der Waals surface area contributed by atoms with Gasteiger partial charge in [-0.2, -0.15) is 0 Å². The van der Waals surface area contributed by atoms with E-state index in [1.165, 1.54) is 11.1 Å². The standard InChI is InChI=1S/C15H20N4/c1-11-4-5-12(2)13(10-11)19(3)15-7-9-17-14(18-15)6-8-16/h4-5,7,9-10H,6,8,16H2,1-3H3. The Labute approximate surface area is 114 Å². The molecule has 2 N–H and O–H groups in total. The average molecular weight is 256 g/mol. The summed E-state index contributed by atoms with van der Waals surface area (Å²) < 4.78 is 0. The zero-order valence-electron chi connectivity index (χ0n) is 11.7. The molecule has 0 aliphatic carbocycles. The second-order valence-corrected chi connectivity index (χ2v) is 4.72. The number of nitrogens with zero attached hydrogens (tertiary/aromatic N) is 3. The smallest absolute Gasteiger partial charge is 0.136 e. The van der Waals surface area contributed by atoms with E-state index >= 15 is 0 Å². The molecule has 1 aromatic heterocycles. The first-order chi connectivity index (χ1) is 9.11. The molecule has 0 fully saturated rings. The lowest BCUT2D eigenvalue weighted by Gasteiger charge is -2.21. The van der Waals surface area contributed by atoms with Gasteiger partial charge in [0.05, 0.1) is 0 Å². The molecule has 0 radical (unpaired) electrons. The van der Waals surface area contributed by atoms with Crippen molar-refractivity contribution in [3.63, 3.8) is 0 Å². The summed E-state index contributed by atoms with van der Waals surface area (Å²) in [5.41, 5.74) is 9.18. The Kier molecular flexibility index (Phi) is 4.12. The zero-order valence-corrected chi connectivity index (χ0v) is 11.7. The van der Waals surface area contributed by atoms with Gasteiger partial charge in [0, 0.05) is 25.4 Å². The lowest BCUT2D eigenvalue weighted by Crippen LogP contribution is -2.15. The van der Waals surface area contributed by atoms with Crippen LogP contribution in [0.5, 0.6) is 0 Å². The highest BCUT2D eigenvalue weighted by Gasteiger charge is 2.09. The van der Waals surface area contributed by atoms with Crippen LogP contribution in [-0.2, 0) is 6.42 Å². The number of hydrogen-bond acceptors (Lipinski definition) is 4. The summed E-state index contributed by atoms with van der Waals surface area (Å²) in [6, 6.07) is 8.33. The van der Waals surface area contributed by atoms with Crippen molar-refractivity contribution < 1.29 is 0 Å². The maximum Gasteiger partial charge on any atom is 0.136 e. The predicted molar refractivity (Wildman–Crippen MR) is 78.8 cm³/mol. The summed E-state index contributed by atoms with van der Waals surface area (Å²) in [6.45, 7) is 4.76. The van der Waals surface area contributed by atoms with E-state index in [2.05, 4.69) is 46.9 Å². The topological polar surface area (TPSA) is 55.0 Å². The second kappa shape index (κ2) is 5.80. The summed E-state index contributed by atoms with van der Waals surface area (Å²) >= 11 is 0. The third-order valence-corrected chi connectivity index (χ3v) is 3.13. The molecule has 100 valence electrons. The maximum atomic E-state index is 5.55. The molecule has 0 aliphatic heterocycles. The number of anilines is 2. The highest BCUT2D eigenvalue weighted by atomic mass is 15.2. The monoisotopic (exact) mass is 256 g/mol. The van der Waals surface area contributed by atoms with Crippen molar-refractivity contribution in [2.45, 2.75) is 20.3 Å². The number of aryl methyl sites for hydroxylation is 2. The van der Waals surface area contributed by atoms with Gasteiger partial charge in [0.25, 0.3) is 0 Å². The molecular weight excluding hydrogens is 236 g/mol. The van der Waals surface area contributed by atoms with Crippen molar-refractivity contribution in [3.8, 4) is 0 Å². The number of hydrogen-bond donors (Lipinski definition) is 1. The van der Waals surface area contributed by atoms with Crippen molar-refractivity contribution in [3.05, 3.63) is 47.4 Å². The van der Waals surface area contributed by atoms with Gasteiger partial charge < -0.3 is 10.6 Å². The van der Waals surface area contributed by atoms with Crippen molar-refractivity contribution in [1.29, 1.82) is 0 Å². The summed E-state index contributed by atoms with van der Waals surface area (Å²) in [7, 11) is 2.02. The second-order valence-electron chi connectivity index (χ2n) is 4.72. The number of benzene rings is 1. The van der Waals surface area contributed by atoms with E-state index in [1.807, 2.05) is 13.1 Å². The molecule has 0 saturated carbocycles. The Morgan fingerprint density at radius 1 is 1.21 bits per heavy atom. The summed E-state index contributed by atoms with van der Waals surface area (Å²) in [6.07, 6.45) is 2.49. The van der Waals surface area contributed by atoms with Crippen LogP contribution in [0, 0.1) is 13.8 Å². The van der Waals surface area contributed by atoms with E-state index < -0.39 is 0 Å². The molecule has 0 bridgehead atoms. The Morgan fingerprint density at radius 2 is 2.00 bits per heavy atom. The highest BCUT2D eigenvalue weighted by molar-refractivity contribution is 5.63. The molecule has 0 atom stereocenters. The Balaban J connectivity index is 2.35. The van der Waals surface area contributed by atoms with Crippen LogP contribution in [0.3, 0.4) is 0 Å². The van der Waals surface area contributed by atoms with Crippen LogP contribution >= 0.6 is 0 Å². The van der Waals surface area contributed by atoms with E-state index in [0.717, 1.165) is 17.3 Å². The molecule has 0 amide bonds. The maximum absolute atomic E-state index is 5.55. The van der Waals surface area contributed by atoms with E-state index in [9.17, 15) is 0 Å². The van der Waals surface area contributed by atoms with Crippen LogP contribution in [0.15, 0.2) is 30.5 Å². The molecule has 1 heterocycles. The molecule has 2 aromatic rings. The molecule has 4 heteroatoms. The number of aromatic nitrogens is 2. The van der Waals surface area contributed by atoms with E-state index in [4.69, 9.17) is 5.73 Å². The SMILES string of the molecule is Cc1ccc(C)c(N(C)c2ccnc(CCN)n2)c1. The minimum absolute atomic E-state index is 0.566. The molecule has 0 saturated heterocycles. The van der Waals surface area contributed by atoms with Gasteiger partial charge in [0.2, 0.25) is 0 Å². The molecule has 0 aliphatic rings. The molecule has 4 nitrogen and oxygen atoms in total. The molecule has 0 spiro atoms. The van der Waals surface area contributed by atoms with Gasteiger partial charge in [-0.25, -0.2) is 9.97 Å². The fourth-order valence-corrected chi connectivity index (χ4v) is 2.03. The van der Waals surface area contributed by atoms with Crippen molar-refractivity contribution >= 4 is 11.5 Å². The van der Waals surface area contributed by atoms with E-state index in [1.54, 1.807) is 6.20 Å². The fraction of sp³-hybridized carbons (Fsp3) is 0.333. The fourth-order valence-electron chi connectivity index (χ4n) is 2.03. The highest BCUT2D eigenvalue weighted by Crippen LogP contribution is 2.26. The van der Waals surface area contributed by atoms with Crippen LogP contribution in [0.1, 0.15) is 17.0 Å². The molecule has 1 aromatic carbocycles. The predicted octanol–water partition coefficient (Wildman–Crippen LogP) is 2.36. The first-order valence-electron chi connectivity index (χ1n) is 6.45. The Morgan fingerprint density at radius 3 is 2.74 bits per heavy atom. The van der Waals surface area contributed by atoms with Gasteiger partial charge in [0.15, 0.2) is 0 Å². The molecule has 19 heavy (non-hydrogen) atoms. The van der Waals surface area contributed by atoms with Crippen LogP contribution in [0.2, 0.25) is 0 Å². The minimum atomic E-state index is 0.566. The summed E-state index contributed by atoms with van der Waals surface area (Å²) in [5.74, 6) is 1.68. The van der Waals surface area contributed by atoms with Crippen molar-refractivity contribution in [1.82, 2.24) is 9.97 Å². The number of rotatable bonds is 4. The summed E-state index contributed by atoms with van der Waals surface area (Å²) in [4.78, 5) is 10.9. The lowest BCUT2D eigenvalue weighted by atomic mass is 10.1. The molecular formula is C15H20N4. The van der Waals surface area contributed by atoms with Crippen molar-refractivity contribution in [2.24, 2.45) is 5.73 Å². The number of nitrogens with two attached hydrogens (primary N) is 1. The quantitative estimate of drug-likeness (QED) is 0.912. The lowest BCUT2D eigenvalue weighted by molar-refractivity contribution is 0.861.